The van der Waals surface area contributed by atoms with E-state index in [0.29, 0.717) is 5.56 Å². The Hall–Kier alpha value is -1.70. The number of alkyl halides is 3. The van der Waals surface area contributed by atoms with E-state index in [-0.39, 0.29) is 28.4 Å². The van der Waals surface area contributed by atoms with Crippen molar-refractivity contribution in [3.05, 3.63) is 63.5 Å². The van der Waals surface area contributed by atoms with E-state index in [1.165, 1.54) is 24.1 Å². The van der Waals surface area contributed by atoms with Gasteiger partial charge >= 0.3 is 6.18 Å². The fourth-order valence-corrected chi connectivity index (χ4v) is 7.81. The maximum absolute atomic E-state index is 13.4. The third-order valence-corrected chi connectivity index (χ3v) is 14.2. The van der Waals surface area contributed by atoms with Gasteiger partial charge in [0.2, 0.25) is 0 Å². The summed E-state index contributed by atoms with van der Waals surface area (Å²) in [6, 6.07) is 5.00. The number of aliphatic hydroxyl groups excluding tert-OH is 1. The third kappa shape index (κ3) is 6.78. The van der Waals surface area contributed by atoms with Gasteiger partial charge < -0.3 is 9.53 Å². The number of fused-ring (bicyclic) bond motifs is 1. The van der Waals surface area contributed by atoms with Crippen LogP contribution in [-0.4, -0.2) is 18.4 Å². The van der Waals surface area contributed by atoms with Crippen LogP contribution in [0.3, 0.4) is 0 Å². The Balaban J connectivity index is 1.98. The van der Waals surface area contributed by atoms with Crippen LogP contribution in [0.15, 0.2) is 24.3 Å². The third-order valence-electron chi connectivity index (χ3n) is 9.76. The fraction of sp³-hybridized carbons (Fsp3) is 0.676. The molecule has 0 radical (unpaired) electrons. The molecule has 2 aromatic rings. The lowest BCUT2D eigenvalue weighted by atomic mass is 9.69. The number of aromatic nitrogens is 1. The maximum Gasteiger partial charge on any atom is 0.416 e. The highest BCUT2D eigenvalue weighted by Gasteiger charge is 2.45. The highest BCUT2D eigenvalue weighted by molar-refractivity contribution is 6.74. The Labute approximate surface area is 246 Å². The summed E-state index contributed by atoms with van der Waals surface area (Å²) in [5.74, 6) is 0.315. The maximum atomic E-state index is 13.4. The number of hydrogen-bond donors (Lipinski definition) is 1. The first-order chi connectivity index (χ1) is 18.8. The topological polar surface area (TPSA) is 42.4 Å². The second-order valence-corrected chi connectivity index (χ2v) is 19.9. The Kier molecular flexibility index (Phi) is 8.97. The molecule has 0 amide bonds. The van der Waals surface area contributed by atoms with Gasteiger partial charge in [-0.25, -0.2) is 0 Å². The van der Waals surface area contributed by atoms with Gasteiger partial charge in [-0.15, -0.1) is 0 Å². The fourth-order valence-electron chi connectivity index (χ4n) is 6.54. The zero-order valence-corrected chi connectivity index (χ0v) is 27.5. The molecular weight excluding hydrogens is 539 g/mol. The highest BCUT2D eigenvalue weighted by atomic mass is 28.4. The number of halogens is 3. The smallest absolute Gasteiger partial charge is 0.410 e. The second-order valence-electron chi connectivity index (χ2n) is 15.1. The second kappa shape index (κ2) is 11.4. The quantitative estimate of drug-likeness (QED) is 0.341. The number of benzene rings is 1. The molecule has 2 aliphatic rings. The van der Waals surface area contributed by atoms with Crippen molar-refractivity contribution in [1.29, 1.82) is 0 Å². The number of aliphatic hydroxyl groups is 1. The molecule has 2 atom stereocenters. The van der Waals surface area contributed by atoms with Gasteiger partial charge in [-0.05, 0) is 84.3 Å². The van der Waals surface area contributed by atoms with E-state index in [0.717, 1.165) is 73.2 Å². The van der Waals surface area contributed by atoms with Crippen molar-refractivity contribution in [3.8, 4) is 0 Å². The molecule has 1 saturated carbocycles. The van der Waals surface area contributed by atoms with Gasteiger partial charge in [-0.1, -0.05) is 79.9 Å². The van der Waals surface area contributed by atoms with Crippen LogP contribution >= 0.6 is 0 Å². The lowest BCUT2D eigenvalue weighted by Gasteiger charge is -2.46. The van der Waals surface area contributed by atoms with Gasteiger partial charge in [0.25, 0.3) is 0 Å². The summed E-state index contributed by atoms with van der Waals surface area (Å²) in [4.78, 5) is 5.31. The molecule has 4 rings (SSSR count). The Morgan fingerprint density at radius 2 is 1.56 bits per heavy atom. The summed E-state index contributed by atoms with van der Waals surface area (Å²) in [7, 11) is -2.16. The van der Waals surface area contributed by atoms with Crippen LogP contribution in [0.25, 0.3) is 0 Å². The van der Waals surface area contributed by atoms with Gasteiger partial charge in [0.1, 0.15) is 6.10 Å². The van der Waals surface area contributed by atoms with Crippen LogP contribution in [0.2, 0.25) is 18.1 Å². The van der Waals surface area contributed by atoms with Gasteiger partial charge in [0.05, 0.1) is 11.7 Å². The molecule has 1 fully saturated rings. The van der Waals surface area contributed by atoms with Crippen LogP contribution in [0, 0.1) is 5.41 Å². The first kappa shape index (κ1) is 32.2. The molecule has 1 heterocycles. The van der Waals surface area contributed by atoms with Crippen molar-refractivity contribution in [2.24, 2.45) is 5.41 Å². The molecule has 228 valence electrons. The number of pyridine rings is 1. The van der Waals surface area contributed by atoms with Crippen LogP contribution in [0.4, 0.5) is 13.2 Å². The molecule has 3 nitrogen and oxygen atoms in total. The normalized spacial score (nSPS) is 21.2. The predicted octanol–water partition coefficient (Wildman–Crippen LogP) is 10.4. The minimum atomic E-state index is -4.42. The number of rotatable bonds is 6. The monoisotopic (exact) mass is 589 g/mol. The molecule has 0 aliphatic heterocycles. The van der Waals surface area contributed by atoms with Crippen LogP contribution in [0.1, 0.15) is 150 Å². The van der Waals surface area contributed by atoms with Crippen LogP contribution < -0.4 is 0 Å². The summed E-state index contributed by atoms with van der Waals surface area (Å²) < 4.78 is 47.3. The SMILES string of the molecule is CC(C)c1nc2c(c(C3CCCCC3)c1[C@@H](O)c1ccc(C(F)(F)F)cc1)[C@@H](O[Si](C)(C)C(C)(C)C)CC(C)(C)C2. The van der Waals surface area contributed by atoms with Crippen LogP contribution in [0.5, 0.6) is 0 Å². The molecule has 0 unspecified atom stereocenters. The lowest BCUT2D eigenvalue weighted by molar-refractivity contribution is -0.137. The lowest BCUT2D eigenvalue weighted by Crippen LogP contribution is -2.44. The minimum Gasteiger partial charge on any atom is -0.410 e. The molecule has 0 bridgehead atoms. The number of nitrogens with zero attached hydrogens (tertiary/aromatic N) is 1. The Bertz CT molecular complexity index is 1220. The van der Waals surface area contributed by atoms with Gasteiger partial charge in [-0.3, -0.25) is 4.98 Å². The summed E-state index contributed by atoms with van der Waals surface area (Å²) >= 11 is 0. The molecular formula is C34H50F3NO2Si. The largest absolute Gasteiger partial charge is 0.416 e. The van der Waals surface area contributed by atoms with Crippen LogP contribution in [-0.2, 0) is 17.0 Å². The summed E-state index contributed by atoms with van der Waals surface area (Å²) in [6.45, 7) is 20.1. The van der Waals surface area contributed by atoms with Crippen molar-refractivity contribution in [2.45, 2.75) is 142 Å². The van der Waals surface area contributed by atoms with Gasteiger partial charge in [0.15, 0.2) is 8.32 Å². The first-order valence-corrected chi connectivity index (χ1v) is 18.3. The van der Waals surface area contributed by atoms with Crippen molar-refractivity contribution in [2.75, 3.05) is 0 Å². The molecule has 41 heavy (non-hydrogen) atoms. The van der Waals surface area contributed by atoms with Crippen molar-refractivity contribution >= 4 is 8.32 Å². The molecule has 1 aromatic carbocycles. The molecule has 2 aliphatic carbocycles. The van der Waals surface area contributed by atoms with E-state index >= 15 is 0 Å². The van der Waals surface area contributed by atoms with Crippen molar-refractivity contribution < 1.29 is 22.7 Å². The average molecular weight is 590 g/mol. The molecule has 1 N–H and O–H groups in total. The van der Waals surface area contributed by atoms with Crippen molar-refractivity contribution in [1.82, 2.24) is 4.98 Å². The highest BCUT2D eigenvalue weighted by Crippen LogP contribution is 2.53. The molecule has 7 heteroatoms. The zero-order chi connectivity index (χ0) is 30.5. The summed E-state index contributed by atoms with van der Waals surface area (Å²) in [6.07, 6.45) is 1.66. The standard InChI is InChI=1S/C34H50F3NO2Si/c1-21(2)30-29(31(39)23-15-17-24(18-16-23)34(35,36)37)27(22-13-11-10-12-14-22)28-25(38-30)19-33(6,7)20-26(28)40-41(8,9)32(3,4)5/h15-18,21-22,26,31,39H,10-14,19-20H2,1-9H3/t26-,31-/m0/s1. The molecule has 1 aromatic heterocycles. The minimum absolute atomic E-state index is 0.0126. The Morgan fingerprint density at radius 1 is 0.976 bits per heavy atom. The summed E-state index contributed by atoms with van der Waals surface area (Å²) in [5.41, 5.74) is 4.84. The zero-order valence-electron chi connectivity index (χ0n) is 26.5. The van der Waals surface area contributed by atoms with E-state index in [2.05, 4.69) is 61.6 Å². The van der Waals surface area contributed by atoms with Gasteiger partial charge in [-0.2, -0.15) is 13.2 Å². The van der Waals surface area contributed by atoms with E-state index < -0.39 is 26.2 Å². The van der Waals surface area contributed by atoms with E-state index in [1.54, 1.807) is 0 Å². The predicted molar refractivity (Wildman–Crippen MR) is 163 cm³/mol. The van der Waals surface area contributed by atoms with E-state index in [4.69, 9.17) is 9.41 Å². The molecule has 0 spiro atoms. The first-order valence-electron chi connectivity index (χ1n) is 15.4. The molecule has 0 saturated heterocycles. The van der Waals surface area contributed by atoms with E-state index in [9.17, 15) is 18.3 Å². The average Bonchev–Trinajstić information content (AvgIpc) is 2.85. The summed E-state index contributed by atoms with van der Waals surface area (Å²) in [5, 5.41) is 12.1. The number of hydrogen-bond acceptors (Lipinski definition) is 3. The van der Waals surface area contributed by atoms with Crippen molar-refractivity contribution in [3.63, 3.8) is 0 Å². The Morgan fingerprint density at radius 3 is 2.07 bits per heavy atom. The van der Waals surface area contributed by atoms with Gasteiger partial charge in [0, 0.05) is 22.5 Å². The van der Waals surface area contributed by atoms with E-state index in [1.807, 2.05) is 0 Å².